The van der Waals surface area contributed by atoms with Crippen molar-refractivity contribution >= 4 is 28.2 Å². The summed E-state index contributed by atoms with van der Waals surface area (Å²) in [5, 5.41) is 8.60. The van der Waals surface area contributed by atoms with Crippen LogP contribution in [0.5, 0.6) is 11.5 Å². The minimum absolute atomic E-state index is 0.00481. The van der Waals surface area contributed by atoms with Crippen LogP contribution in [0.3, 0.4) is 0 Å². The molecule has 1 saturated heterocycles. The van der Waals surface area contributed by atoms with Gasteiger partial charge in [0.1, 0.15) is 0 Å². The third kappa shape index (κ3) is 5.58. The van der Waals surface area contributed by atoms with Crippen LogP contribution in [-0.4, -0.2) is 75.2 Å². The van der Waals surface area contributed by atoms with Crippen LogP contribution in [0.25, 0.3) is 10.9 Å². The maximum absolute atomic E-state index is 5.77. The van der Waals surface area contributed by atoms with Crippen molar-refractivity contribution in [2.45, 2.75) is 5.92 Å². The summed E-state index contributed by atoms with van der Waals surface area (Å²) in [6, 6.07) is 14.3. The molecule has 2 heterocycles. The highest BCUT2D eigenvalue weighted by Crippen LogP contribution is 2.40. The lowest BCUT2D eigenvalue weighted by molar-refractivity contribution is 0.0389. The number of hydrogen-bond donors (Lipinski definition) is 3. The first-order valence-corrected chi connectivity index (χ1v) is 11.7. The molecule has 1 unspecified atom stereocenters. The predicted octanol–water partition coefficient (Wildman–Crippen LogP) is 3.11. The number of H-pyrrole nitrogens is 1. The largest absolute Gasteiger partial charge is 0.493 e. The second-order valence-electron chi connectivity index (χ2n) is 8.02. The van der Waals surface area contributed by atoms with E-state index in [-0.39, 0.29) is 5.92 Å². The molecule has 0 saturated carbocycles. The Kier molecular flexibility index (Phi) is 8.04. The predicted molar refractivity (Wildman–Crippen MR) is 136 cm³/mol. The zero-order valence-electron chi connectivity index (χ0n) is 19.2. The number of benzene rings is 2. The Balaban J connectivity index is 1.51. The lowest BCUT2D eigenvalue weighted by atomic mass is 9.90. The van der Waals surface area contributed by atoms with E-state index in [4.69, 9.17) is 26.4 Å². The van der Waals surface area contributed by atoms with Gasteiger partial charge in [0, 0.05) is 61.3 Å². The van der Waals surface area contributed by atoms with E-state index in [0.717, 1.165) is 56.2 Å². The Bertz CT molecular complexity index is 1060. The van der Waals surface area contributed by atoms with Crippen molar-refractivity contribution in [1.29, 1.82) is 0 Å². The highest BCUT2D eigenvalue weighted by Gasteiger charge is 2.24. The third-order valence-corrected chi connectivity index (χ3v) is 6.38. The highest BCUT2D eigenvalue weighted by atomic mass is 32.1. The molecule has 1 aliphatic heterocycles. The van der Waals surface area contributed by atoms with Gasteiger partial charge in [-0.05, 0) is 29.9 Å². The summed E-state index contributed by atoms with van der Waals surface area (Å²) in [6.45, 7) is 5.91. The normalized spacial score (nSPS) is 15.2. The number of ether oxygens (including phenoxy) is 3. The van der Waals surface area contributed by atoms with E-state index < -0.39 is 0 Å². The van der Waals surface area contributed by atoms with Crippen LogP contribution in [0.15, 0.2) is 48.7 Å². The lowest BCUT2D eigenvalue weighted by Gasteiger charge is -2.27. The lowest BCUT2D eigenvalue weighted by Crippen LogP contribution is -2.44. The van der Waals surface area contributed by atoms with Gasteiger partial charge in [0.05, 0.1) is 27.4 Å². The van der Waals surface area contributed by atoms with Crippen molar-refractivity contribution in [2.24, 2.45) is 0 Å². The number of nitrogens with one attached hydrogen (secondary N) is 3. The Morgan fingerprint density at radius 3 is 2.67 bits per heavy atom. The molecule has 0 aliphatic carbocycles. The number of fused-ring (bicyclic) bond motifs is 1. The summed E-state index contributed by atoms with van der Waals surface area (Å²) in [6.07, 6.45) is 2.07. The molecule has 4 rings (SSSR count). The molecule has 3 N–H and O–H groups in total. The van der Waals surface area contributed by atoms with Crippen molar-refractivity contribution in [1.82, 2.24) is 20.5 Å². The molecule has 33 heavy (non-hydrogen) atoms. The van der Waals surface area contributed by atoms with Crippen molar-refractivity contribution in [3.63, 3.8) is 0 Å². The Morgan fingerprint density at radius 2 is 1.88 bits per heavy atom. The second-order valence-corrected chi connectivity index (χ2v) is 8.42. The quantitative estimate of drug-likeness (QED) is 0.417. The van der Waals surface area contributed by atoms with E-state index in [0.29, 0.717) is 17.4 Å². The summed E-state index contributed by atoms with van der Waals surface area (Å²) in [5.74, 6) is 1.46. The molecule has 0 spiro atoms. The SMILES string of the molecule is COc1cccc(C(CNC(=S)NCCN2CCOCC2)c2c[nH]c3ccccc23)c1OC. The van der Waals surface area contributed by atoms with Crippen molar-refractivity contribution in [3.05, 3.63) is 59.8 Å². The van der Waals surface area contributed by atoms with Gasteiger partial charge in [-0.1, -0.05) is 30.3 Å². The van der Waals surface area contributed by atoms with Gasteiger partial charge < -0.3 is 29.8 Å². The average molecular weight is 469 g/mol. The van der Waals surface area contributed by atoms with E-state index in [1.165, 1.54) is 10.9 Å². The molecule has 1 aromatic heterocycles. The van der Waals surface area contributed by atoms with Gasteiger partial charge in [-0.15, -0.1) is 0 Å². The number of thiocarbonyl (C=S) groups is 1. The standard InChI is InChI=1S/C25H32N4O3S/c1-30-23-9-5-7-19(24(23)31-2)21(20-16-27-22-8-4-3-6-18(20)22)17-28-25(33)26-10-11-29-12-14-32-15-13-29/h3-9,16,21,27H,10-15,17H2,1-2H3,(H2,26,28,33). The fraction of sp³-hybridized carbons (Fsp3) is 0.400. The summed E-state index contributed by atoms with van der Waals surface area (Å²) in [4.78, 5) is 5.78. The number of aromatic amines is 1. The van der Waals surface area contributed by atoms with Gasteiger partial charge in [0.15, 0.2) is 16.6 Å². The smallest absolute Gasteiger partial charge is 0.166 e. The Morgan fingerprint density at radius 1 is 1.06 bits per heavy atom. The molecule has 8 heteroatoms. The van der Waals surface area contributed by atoms with Crippen LogP contribution in [0.4, 0.5) is 0 Å². The second kappa shape index (κ2) is 11.4. The minimum Gasteiger partial charge on any atom is -0.493 e. The molecule has 7 nitrogen and oxygen atoms in total. The van der Waals surface area contributed by atoms with Crippen LogP contribution in [-0.2, 0) is 4.74 Å². The molecular formula is C25H32N4O3S. The van der Waals surface area contributed by atoms with E-state index >= 15 is 0 Å². The van der Waals surface area contributed by atoms with Crippen LogP contribution in [0.1, 0.15) is 17.0 Å². The van der Waals surface area contributed by atoms with Gasteiger partial charge in [-0.3, -0.25) is 4.90 Å². The molecule has 176 valence electrons. The van der Waals surface area contributed by atoms with E-state index in [1.54, 1.807) is 14.2 Å². The molecule has 1 atom stereocenters. The third-order valence-electron chi connectivity index (χ3n) is 6.09. The van der Waals surface area contributed by atoms with Gasteiger partial charge >= 0.3 is 0 Å². The van der Waals surface area contributed by atoms with Crippen LogP contribution in [0, 0.1) is 0 Å². The number of aromatic nitrogens is 1. The molecule has 1 aliphatic rings. The first-order valence-electron chi connectivity index (χ1n) is 11.3. The monoisotopic (exact) mass is 468 g/mol. The van der Waals surface area contributed by atoms with Crippen molar-refractivity contribution in [3.8, 4) is 11.5 Å². The van der Waals surface area contributed by atoms with Gasteiger partial charge in [-0.2, -0.15) is 0 Å². The maximum Gasteiger partial charge on any atom is 0.166 e. The van der Waals surface area contributed by atoms with Crippen LogP contribution in [0.2, 0.25) is 0 Å². The van der Waals surface area contributed by atoms with Crippen LogP contribution >= 0.6 is 12.2 Å². The zero-order chi connectivity index (χ0) is 23.0. The summed E-state index contributed by atoms with van der Waals surface area (Å²) in [5.41, 5.74) is 3.33. The number of morpholine rings is 1. The molecule has 0 amide bonds. The molecule has 2 aromatic carbocycles. The summed E-state index contributed by atoms with van der Waals surface area (Å²) < 4.78 is 16.7. The molecular weight excluding hydrogens is 436 g/mol. The average Bonchev–Trinajstić information content (AvgIpc) is 3.28. The van der Waals surface area contributed by atoms with Crippen LogP contribution < -0.4 is 20.1 Å². The summed E-state index contributed by atoms with van der Waals surface area (Å²) >= 11 is 5.60. The first kappa shape index (κ1) is 23.4. The van der Waals surface area contributed by atoms with Gasteiger partial charge in [0.2, 0.25) is 0 Å². The van der Waals surface area contributed by atoms with Gasteiger partial charge in [0.25, 0.3) is 0 Å². The van der Waals surface area contributed by atoms with Crippen molar-refractivity contribution in [2.75, 3.05) is 60.2 Å². The van der Waals surface area contributed by atoms with E-state index in [2.05, 4.69) is 51.0 Å². The number of para-hydroxylation sites is 2. The van der Waals surface area contributed by atoms with E-state index in [9.17, 15) is 0 Å². The molecule has 0 bridgehead atoms. The Hall–Kier alpha value is -2.81. The number of methoxy groups -OCH3 is 2. The maximum atomic E-state index is 5.77. The number of nitrogens with zero attached hydrogens (tertiary/aromatic N) is 1. The molecule has 1 fully saturated rings. The zero-order valence-corrected chi connectivity index (χ0v) is 20.0. The molecule has 0 radical (unpaired) electrons. The van der Waals surface area contributed by atoms with Gasteiger partial charge in [-0.25, -0.2) is 0 Å². The first-order chi connectivity index (χ1) is 16.2. The van der Waals surface area contributed by atoms with Crippen molar-refractivity contribution < 1.29 is 14.2 Å². The number of rotatable bonds is 9. The summed E-state index contributed by atoms with van der Waals surface area (Å²) in [7, 11) is 3.34. The van der Waals surface area contributed by atoms with E-state index in [1.807, 2.05) is 18.2 Å². The Labute approximate surface area is 200 Å². The topological polar surface area (TPSA) is 70.8 Å². The fourth-order valence-electron chi connectivity index (χ4n) is 4.37. The highest BCUT2D eigenvalue weighted by molar-refractivity contribution is 7.80. The minimum atomic E-state index is 0.00481. The molecule has 3 aromatic rings. The fourth-order valence-corrected chi connectivity index (χ4v) is 4.55. The number of hydrogen-bond acceptors (Lipinski definition) is 5.